The van der Waals surface area contributed by atoms with Crippen LogP contribution in [0.4, 0.5) is 0 Å². The summed E-state index contributed by atoms with van der Waals surface area (Å²) in [6.45, 7) is 5.87. The zero-order valence-corrected chi connectivity index (χ0v) is 12.4. The van der Waals surface area contributed by atoms with Crippen LogP contribution in [0.5, 0.6) is 0 Å². The third-order valence-electron chi connectivity index (χ3n) is 3.06. The van der Waals surface area contributed by atoms with E-state index in [9.17, 15) is 4.79 Å². The van der Waals surface area contributed by atoms with Crippen molar-refractivity contribution in [3.05, 3.63) is 34.3 Å². The molecule has 1 aromatic carbocycles. The lowest BCUT2D eigenvalue weighted by molar-refractivity contribution is -0.153. The summed E-state index contributed by atoms with van der Waals surface area (Å²) in [4.78, 5) is 11.6. The Kier molecular flexibility index (Phi) is 4.16. The molecule has 3 nitrogen and oxygen atoms in total. The molecule has 0 radical (unpaired) electrons. The number of nitrogens with one attached hydrogen (secondary N) is 1. The van der Waals surface area contributed by atoms with E-state index < -0.39 is 5.60 Å². The average molecular weight is 282 g/mol. The molecule has 104 valence electrons. The first-order valence-electron chi connectivity index (χ1n) is 6.56. The van der Waals surface area contributed by atoms with Gasteiger partial charge in [-0.05, 0) is 56.9 Å². The molecule has 0 amide bonds. The number of esters is 1. The van der Waals surface area contributed by atoms with E-state index >= 15 is 0 Å². The van der Waals surface area contributed by atoms with Gasteiger partial charge in [0.25, 0.3) is 0 Å². The van der Waals surface area contributed by atoms with Crippen molar-refractivity contribution < 1.29 is 9.53 Å². The average Bonchev–Trinajstić information content (AvgIpc) is 2.66. The summed E-state index contributed by atoms with van der Waals surface area (Å²) in [7, 11) is 0. The summed E-state index contributed by atoms with van der Waals surface area (Å²) in [5, 5.41) is 4.02. The van der Waals surface area contributed by atoms with Crippen LogP contribution in [-0.4, -0.2) is 24.2 Å². The number of rotatable bonds is 3. The van der Waals surface area contributed by atoms with Gasteiger partial charge in [0.1, 0.15) is 5.60 Å². The van der Waals surface area contributed by atoms with Crippen LogP contribution in [0.15, 0.2) is 18.2 Å². The van der Waals surface area contributed by atoms with Crippen LogP contribution in [-0.2, 0) is 22.4 Å². The standard InChI is InChI=1S/C15H20ClNO2/c1-15(2,3)19-14(18)9-17-13-7-10-4-5-12(16)6-11(10)8-13/h4-6,13,17H,7-9H2,1-3H3. The number of halogens is 1. The zero-order chi connectivity index (χ0) is 14.0. The highest BCUT2D eigenvalue weighted by Crippen LogP contribution is 2.25. The second kappa shape index (κ2) is 5.51. The van der Waals surface area contributed by atoms with Gasteiger partial charge < -0.3 is 10.1 Å². The highest BCUT2D eigenvalue weighted by molar-refractivity contribution is 6.30. The molecular weight excluding hydrogens is 262 g/mol. The van der Waals surface area contributed by atoms with Crippen LogP contribution in [0.1, 0.15) is 31.9 Å². The van der Waals surface area contributed by atoms with Gasteiger partial charge in [0.05, 0.1) is 6.54 Å². The predicted molar refractivity (Wildman–Crippen MR) is 76.5 cm³/mol. The highest BCUT2D eigenvalue weighted by atomic mass is 35.5. The number of carbonyl (C=O) groups is 1. The molecular formula is C15H20ClNO2. The molecule has 0 saturated carbocycles. The van der Waals surface area contributed by atoms with E-state index in [4.69, 9.17) is 16.3 Å². The third kappa shape index (κ3) is 4.22. The summed E-state index contributed by atoms with van der Waals surface area (Å²) >= 11 is 5.98. The minimum atomic E-state index is -0.426. The summed E-state index contributed by atoms with van der Waals surface area (Å²) in [6.07, 6.45) is 1.86. The fourth-order valence-electron chi connectivity index (χ4n) is 2.34. The van der Waals surface area contributed by atoms with Gasteiger partial charge >= 0.3 is 5.97 Å². The Balaban J connectivity index is 1.83. The van der Waals surface area contributed by atoms with Gasteiger partial charge in [0, 0.05) is 11.1 Å². The van der Waals surface area contributed by atoms with E-state index in [1.807, 2.05) is 32.9 Å². The normalized spacial score (nSPS) is 18.2. The van der Waals surface area contributed by atoms with E-state index in [2.05, 4.69) is 11.4 Å². The Bertz CT molecular complexity index is 480. The van der Waals surface area contributed by atoms with Gasteiger partial charge in [0.15, 0.2) is 0 Å². The zero-order valence-electron chi connectivity index (χ0n) is 11.6. The molecule has 1 atom stereocenters. The first-order chi connectivity index (χ1) is 8.83. The van der Waals surface area contributed by atoms with Crippen LogP contribution in [0, 0.1) is 0 Å². The molecule has 0 bridgehead atoms. The molecule has 4 heteroatoms. The van der Waals surface area contributed by atoms with Crippen molar-refractivity contribution in [3.8, 4) is 0 Å². The Labute approximate surface area is 119 Å². The highest BCUT2D eigenvalue weighted by Gasteiger charge is 2.23. The molecule has 1 N–H and O–H groups in total. The topological polar surface area (TPSA) is 38.3 Å². The molecule has 0 heterocycles. The summed E-state index contributed by atoms with van der Waals surface area (Å²) in [5.41, 5.74) is 2.16. The van der Waals surface area contributed by atoms with Crippen molar-refractivity contribution in [1.29, 1.82) is 0 Å². The lowest BCUT2D eigenvalue weighted by Crippen LogP contribution is -2.37. The third-order valence-corrected chi connectivity index (χ3v) is 3.29. The molecule has 2 rings (SSSR count). The number of hydrogen-bond donors (Lipinski definition) is 1. The molecule has 1 aromatic rings. The largest absolute Gasteiger partial charge is 0.459 e. The SMILES string of the molecule is CC(C)(C)OC(=O)CNC1Cc2ccc(Cl)cc2C1. The fourth-order valence-corrected chi connectivity index (χ4v) is 2.53. The van der Waals surface area contributed by atoms with Gasteiger partial charge in [-0.25, -0.2) is 0 Å². The molecule has 1 aliphatic carbocycles. The summed E-state index contributed by atoms with van der Waals surface area (Å²) in [5.74, 6) is -0.207. The molecule has 1 unspecified atom stereocenters. The van der Waals surface area contributed by atoms with Crippen molar-refractivity contribution >= 4 is 17.6 Å². The van der Waals surface area contributed by atoms with Crippen molar-refractivity contribution in [2.45, 2.75) is 45.3 Å². The van der Waals surface area contributed by atoms with E-state index in [0.717, 1.165) is 17.9 Å². The van der Waals surface area contributed by atoms with E-state index in [0.29, 0.717) is 6.04 Å². The van der Waals surface area contributed by atoms with E-state index in [1.54, 1.807) is 0 Å². The molecule has 0 fully saturated rings. The molecule has 0 aromatic heterocycles. The van der Waals surface area contributed by atoms with Gasteiger partial charge in [-0.1, -0.05) is 17.7 Å². The van der Waals surface area contributed by atoms with Gasteiger partial charge in [0.2, 0.25) is 0 Å². The van der Waals surface area contributed by atoms with E-state index in [1.165, 1.54) is 11.1 Å². The van der Waals surface area contributed by atoms with Gasteiger partial charge in [-0.15, -0.1) is 0 Å². The monoisotopic (exact) mass is 281 g/mol. The van der Waals surface area contributed by atoms with Crippen molar-refractivity contribution in [3.63, 3.8) is 0 Å². The molecule has 1 aliphatic rings. The molecule has 19 heavy (non-hydrogen) atoms. The Morgan fingerprint density at radius 1 is 1.37 bits per heavy atom. The Morgan fingerprint density at radius 3 is 2.74 bits per heavy atom. The number of carbonyl (C=O) groups excluding carboxylic acids is 1. The maximum Gasteiger partial charge on any atom is 0.320 e. The molecule has 0 spiro atoms. The van der Waals surface area contributed by atoms with Crippen molar-refractivity contribution in [1.82, 2.24) is 5.32 Å². The van der Waals surface area contributed by atoms with Gasteiger partial charge in [-0.2, -0.15) is 0 Å². The summed E-state index contributed by atoms with van der Waals surface area (Å²) < 4.78 is 5.27. The smallest absolute Gasteiger partial charge is 0.320 e. The lowest BCUT2D eigenvalue weighted by atomic mass is 10.1. The maximum atomic E-state index is 11.6. The minimum Gasteiger partial charge on any atom is -0.459 e. The number of benzene rings is 1. The van der Waals surface area contributed by atoms with Crippen LogP contribution >= 0.6 is 11.6 Å². The summed E-state index contributed by atoms with van der Waals surface area (Å²) in [6, 6.07) is 6.27. The minimum absolute atomic E-state index is 0.207. The molecule has 0 aliphatic heterocycles. The first kappa shape index (κ1) is 14.4. The number of hydrogen-bond acceptors (Lipinski definition) is 3. The quantitative estimate of drug-likeness (QED) is 0.866. The second-order valence-corrected chi connectivity index (χ2v) is 6.42. The number of ether oxygens (including phenoxy) is 1. The molecule has 0 saturated heterocycles. The van der Waals surface area contributed by atoms with Crippen molar-refractivity contribution in [2.24, 2.45) is 0 Å². The van der Waals surface area contributed by atoms with Crippen LogP contribution in [0.25, 0.3) is 0 Å². The first-order valence-corrected chi connectivity index (χ1v) is 6.94. The van der Waals surface area contributed by atoms with Crippen LogP contribution < -0.4 is 5.32 Å². The van der Waals surface area contributed by atoms with Crippen LogP contribution in [0.2, 0.25) is 5.02 Å². The fraction of sp³-hybridized carbons (Fsp3) is 0.533. The second-order valence-electron chi connectivity index (χ2n) is 5.99. The Morgan fingerprint density at radius 2 is 2.05 bits per heavy atom. The number of fused-ring (bicyclic) bond motifs is 1. The maximum absolute atomic E-state index is 11.6. The van der Waals surface area contributed by atoms with Crippen LogP contribution in [0.3, 0.4) is 0 Å². The Hall–Kier alpha value is -1.06. The van der Waals surface area contributed by atoms with Crippen molar-refractivity contribution in [2.75, 3.05) is 6.54 Å². The predicted octanol–water partition coefficient (Wildman–Crippen LogP) is 2.74. The lowest BCUT2D eigenvalue weighted by Gasteiger charge is -2.20. The van der Waals surface area contributed by atoms with Gasteiger partial charge in [-0.3, -0.25) is 4.79 Å². The van der Waals surface area contributed by atoms with E-state index in [-0.39, 0.29) is 12.5 Å².